The van der Waals surface area contributed by atoms with Gasteiger partial charge in [-0.2, -0.15) is 0 Å². The summed E-state index contributed by atoms with van der Waals surface area (Å²) in [5, 5.41) is 0. The molecule has 21 heavy (non-hydrogen) atoms. The second-order valence-corrected chi connectivity index (χ2v) is 8.21. The van der Waals surface area contributed by atoms with Crippen LogP contribution in [-0.4, -0.2) is 29.6 Å². The molecule has 2 fully saturated rings. The second kappa shape index (κ2) is 7.46. The molecule has 0 aliphatic heterocycles. The van der Waals surface area contributed by atoms with Crippen LogP contribution < -0.4 is 5.73 Å². The smallest absolute Gasteiger partial charge is 0.0252 e. The van der Waals surface area contributed by atoms with Crippen molar-refractivity contribution in [2.45, 2.75) is 104 Å². The van der Waals surface area contributed by atoms with Crippen molar-refractivity contribution in [1.82, 2.24) is 4.90 Å². The highest BCUT2D eigenvalue weighted by Gasteiger charge is 2.39. The van der Waals surface area contributed by atoms with Gasteiger partial charge in [0.25, 0.3) is 0 Å². The molecule has 0 aromatic carbocycles. The molecule has 0 bridgehead atoms. The average Bonchev–Trinajstić information content (AvgIpc) is 2.50. The lowest BCUT2D eigenvalue weighted by molar-refractivity contribution is 0.0285. The van der Waals surface area contributed by atoms with Crippen molar-refractivity contribution >= 4 is 0 Å². The number of likely N-dealkylation sites (N-methyl/N-ethyl adjacent to an activating group) is 1. The molecule has 0 saturated heterocycles. The Morgan fingerprint density at radius 1 is 1.00 bits per heavy atom. The van der Waals surface area contributed by atoms with Crippen LogP contribution in [0.3, 0.4) is 0 Å². The third kappa shape index (κ3) is 4.01. The fourth-order valence-corrected chi connectivity index (χ4v) is 4.73. The van der Waals surface area contributed by atoms with Gasteiger partial charge >= 0.3 is 0 Å². The minimum Gasteiger partial charge on any atom is -0.326 e. The SMILES string of the molecule is CCN(C1CCCCC1)C1CC(C(C)(C)CC)CCC1N. The van der Waals surface area contributed by atoms with E-state index < -0.39 is 0 Å². The van der Waals surface area contributed by atoms with Crippen molar-refractivity contribution in [3.8, 4) is 0 Å². The summed E-state index contributed by atoms with van der Waals surface area (Å²) in [5.74, 6) is 0.852. The van der Waals surface area contributed by atoms with Crippen LogP contribution in [0.25, 0.3) is 0 Å². The van der Waals surface area contributed by atoms with Gasteiger partial charge in [-0.3, -0.25) is 4.90 Å². The van der Waals surface area contributed by atoms with Gasteiger partial charge in [0.15, 0.2) is 0 Å². The maximum Gasteiger partial charge on any atom is 0.0252 e. The van der Waals surface area contributed by atoms with Gasteiger partial charge in [-0.15, -0.1) is 0 Å². The lowest BCUT2D eigenvalue weighted by atomic mass is 9.67. The van der Waals surface area contributed by atoms with Crippen LogP contribution in [0.1, 0.15) is 85.5 Å². The van der Waals surface area contributed by atoms with Gasteiger partial charge in [0.1, 0.15) is 0 Å². The molecule has 2 aliphatic rings. The fraction of sp³-hybridized carbons (Fsp3) is 1.00. The zero-order valence-electron chi connectivity index (χ0n) is 14.9. The highest BCUT2D eigenvalue weighted by atomic mass is 15.2. The van der Waals surface area contributed by atoms with Crippen LogP contribution in [0.4, 0.5) is 0 Å². The Morgan fingerprint density at radius 2 is 1.67 bits per heavy atom. The summed E-state index contributed by atoms with van der Waals surface area (Å²) in [5.41, 5.74) is 7.04. The van der Waals surface area contributed by atoms with Gasteiger partial charge < -0.3 is 5.73 Å². The summed E-state index contributed by atoms with van der Waals surface area (Å²) < 4.78 is 0. The summed E-state index contributed by atoms with van der Waals surface area (Å²) in [6.07, 6.45) is 12.3. The summed E-state index contributed by atoms with van der Waals surface area (Å²) in [7, 11) is 0. The first-order valence-electron chi connectivity index (χ1n) is 9.51. The molecule has 2 aliphatic carbocycles. The van der Waals surface area contributed by atoms with E-state index in [4.69, 9.17) is 5.73 Å². The normalized spacial score (nSPS) is 32.6. The van der Waals surface area contributed by atoms with Crippen LogP contribution in [0.5, 0.6) is 0 Å². The molecule has 0 aromatic rings. The Hall–Kier alpha value is -0.0800. The molecule has 0 spiro atoms. The number of nitrogens with zero attached hydrogens (tertiary/aromatic N) is 1. The van der Waals surface area contributed by atoms with E-state index in [0.29, 0.717) is 17.5 Å². The maximum absolute atomic E-state index is 6.57. The third-order valence-corrected chi connectivity index (χ3v) is 6.72. The molecule has 3 unspecified atom stereocenters. The van der Waals surface area contributed by atoms with Crippen molar-refractivity contribution in [2.24, 2.45) is 17.1 Å². The first-order valence-corrected chi connectivity index (χ1v) is 9.51. The number of hydrogen-bond donors (Lipinski definition) is 1. The Labute approximate surface area is 132 Å². The highest BCUT2D eigenvalue weighted by molar-refractivity contribution is 4.95. The molecule has 2 saturated carbocycles. The van der Waals surface area contributed by atoms with E-state index in [9.17, 15) is 0 Å². The molecule has 0 aromatic heterocycles. The predicted octanol–water partition coefficient (Wildman–Crippen LogP) is 4.57. The summed E-state index contributed by atoms with van der Waals surface area (Å²) in [6.45, 7) is 10.8. The van der Waals surface area contributed by atoms with E-state index in [2.05, 4.69) is 32.6 Å². The van der Waals surface area contributed by atoms with E-state index in [1.807, 2.05) is 0 Å². The van der Waals surface area contributed by atoms with E-state index >= 15 is 0 Å². The van der Waals surface area contributed by atoms with Crippen molar-refractivity contribution in [2.75, 3.05) is 6.54 Å². The number of hydrogen-bond acceptors (Lipinski definition) is 2. The first-order chi connectivity index (χ1) is 9.99. The summed E-state index contributed by atoms with van der Waals surface area (Å²) in [4.78, 5) is 2.79. The van der Waals surface area contributed by atoms with E-state index in [1.165, 1.54) is 64.3 Å². The molecule has 2 nitrogen and oxygen atoms in total. The van der Waals surface area contributed by atoms with Crippen LogP contribution in [0.2, 0.25) is 0 Å². The fourth-order valence-electron chi connectivity index (χ4n) is 4.73. The van der Waals surface area contributed by atoms with Crippen molar-refractivity contribution in [3.05, 3.63) is 0 Å². The lowest BCUT2D eigenvalue weighted by Gasteiger charge is -2.48. The Bertz CT molecular complexity index is 307. The minimum atomic E-state index is 0.399. The zero-order valence-corrected chi connectivity index (χ0v) is 14.9. The topological polar surface area (TPSA) is 29.3 Å². The Morgan fingerprint density at radius 3 is 2.24 bits per heavy atom. The minimum absolute atomic E-state index is 0.399. The van der Waals surface area contributed by atoms with Gasteiger partial charge in [-0.25, -0.2) is 0 Å². The van der Waals surface area contributed by atoms with Crippen LogP contribution >= 0.6 is 0 Å². The van der Waals surface area contributed by atoms with Gasteiger partial charge in [-0.1, -0.05) is 53.4 Å². The van der Waals surface area contributed by atoms with E-state index in [-0.39, 0.29) is 0 Å². The summed E-state index contributed by atoms with van der Waals surface area (Å²) in [6, 6.07) is 1.83. The highest BCUT2D eigenvalue weighted by Crippen LogP contribution is 2.42. The largest absolute Gasteiger partial charge is 0.326 e. The molecule has 2 rings (SSSR count). The van der Waals surface area contributed by atoms with Crippen molar-refractivity contribution in [1.29, 1.82) is 0 Å². The maximum atomic E-state index is 6.57. The van der Waals surface area contributed by atoms with E-state index in [0.717, 1.165) is 12.0 Å². The van der Waals surface area contributed by atoms with Crippen LogP contribution in [0, 0.1) is 11.3 Å². The number of rotatable bonds is 5. The molecule has 3 atom stereocenters. The van der Waals surface area contributed by atoms with Gasteiger partial charge in [0, 0.05) is 18.1 Å². The molecule has 0 heterocycles. The van der Waals surface area contributed by atoms with Crippen molar-refractivity contribution in [3.63, 3.8) is 0 Å². The van der Waals surface area contributed by atoms with Crippen LogP contribution in [0.15, 0.2) is 0 Å². The van der Waals surface area contributed by atoms with Gasteiger partial charge in [0.05, 0.1) is 0 Å². The van der Waals surface area contributed by atoms with Gasteiger partial charge in [-0.05, 0) is 50.0 Å². The molecule has 0 amide bonds. The monoisotopic (exact) mass is 294 g/mol. The molecular formula is C19H38N2. The number of nitrogens with two attached hydrogens (primary N) is 1. The molecular weight excluding hydrogens is 256 g/mol. The standard InChI is InChI=1S/C19H38N2/c1-5-19(3,4)15-12-13-17(20)18(14-15)21(6-2)16-10-8-7-9-11-16/h15-18H,5-14,20H2,1-4H3. The molecule has 0 radical (unpaired) electrons. The van der Waals surface area contributed by atoms with Gasteiger partial charge in [0.2, 0.25) is 0 Å². The zero-order chi connectivity index (χ0) is 15.5. The van der Waals surface area contributed by atoms with Crippen molar-refractivity contribution < 1.29 is 0 Å². The van der Waals surface area contributed by atoms with Crippen LogP contribution in [-0.2, 0) is 0 Å². The molecule has 2 heteroatoms. The van der Waals surface area contributed by atoms with E-state index in [1.54, 1.807) is 0 Å². The molecule has 2 N–H and O–H groups in total. The Kier molecular flexibility index (Phi) is 6.14. The predicted molar refractivity (Wildman–Crippen MR) is 92.4 cm³/mol. The Balaban J connectivity index is 2.06. The summed E-state index contributed by atoms with van der Waals surface area (Å²) >= 11 is 0. The first kappa shape index (κ1) is 17.3. The second-order valence-electron chi connectivity index (χ2n) is 8.21. The lowest BCUT2D eigenvalue weighted by Crippen LogP contribution is -2.56. The quantitative estimate of drug-likeness (QED) is 0.804. The molecule has 124 valence electrons. The third-order valence-electron chi connectivity index (χ3n) is 6.72. The average molecular weight is 295 g/mol.